The third-order valence-electron chi connectivity index (χ3n) is 3.49. The molecule has 1 N–H and O–H groups in total. The monoisotopic (exact) mass is 219 g/mol. The first-order valence-electron chi connectivity index (χ1n) is 6.25. The van der Waals surface area contributed by atoms with Crippen molar-refractivity contribution in [2.75, 3.05) is 19.7 Å². The molecule has 0 amide bonds. The van der Waals surface area contributed by atoms with E-state index in [0.717, 1.165) is 18.9 Å². The zero-order valence-electron chi connectivity index (χ0n) is 9.81. The fraction of sp³-hybridized carbons (Fsp3) is 0.571. The molecule has 1 aliphatic heterocycles. The Morgan fingerprint density at radius 2 is 1.81 bits per heavy atom. The summed E-state index contributed by atoms with van der Waals surface area (Å²) in [6.07, 6.45) is 3.47. The number of likely N-dealkylation sites (tertiary alicyclic amines) is 1. The van der Waals surface area contributed by atoms with Crippen LogP contribution in [0.25, 0.3) is 0 Å². The molecule has 0 saturated carbocycles. The normalized spacial score (nSPS) is 18.8. The average molecular weight is 219 g/mol. The van der Waals surface area contributed by atoms with Gasteiger partial charge in [-0.15, -0.1) is 0 Å². The molecular formula is C14H21NO. The van der Waals surface area contributed by atoms with Crippen LogP contribution in [0.2, 0.25) is 0 Å². The number of aliphatic hydroxyl groups excluding tert-OH is 1. The second-order valence-corrected chi connectivity index (χ2v) is 4.72. The summed E-state index contributed by atoms with van der Waals surface area (Å²) < 4.78 is 0. The lowest BCUT2D eigenvalue weighted by Crippen LogP contribution is -2.33. The topological polar surface area (TPSA) is 23.5 Å². The van der Waals surface area contributed by atoms with Crippen molar-refractivity contribution in [1.82, 2.24) is 4.90 Å². The molecule has 1 aromatic rings. The van der Waals surface area contributed by atoms with Crippen LogP contribution < -0.4 is 0 Å². The highest BCUT2D eigenvalue weighted by atomic mass is 16.3. The Morgan fingerprint density at radius 3 is 2.44 bits per heavy atom. The van der Waals surface area contributed by atoms with E-state index in [9.17, 15) is 0 Å². The number of benzene rings is 1. The maximum absolute atomic E-state index is 8.91. The van der Waals surface area contributed by atoms with Gasteiger partial charge in [0.05, 0.1) is 0 Å². The van der Waals surface area contributed by atoms with E-state index in [0.29, 0.717) is 6.61 Å². The molecule has 88 valence electrons. The molecular weight excluding hydrogens is 198 g/mol. The van der Waals surface area contributed by atoms with Crippen LogP contribution in [0.15, 0.2) is 30.3 Å². The van der Waals surface area contributed by atoms with Crippen LogP contribution in [0.3, 0.4) is 0 Å². The number of aliphatic hydroxyl groups is 1. The van der Waals surface area contributed by atoms with Crippen LogP contribution >= 0.6 is 0 Å². The summed E-state index contributed by atoms with van der Waals surface area (Å²) in [5.74, 6) is 0.747. The molecule has 0 aliphatic carbocycles. The number of nitrogens with zero attached hydrogens (tertiary/aromatic N) is 1. The van der Waals surface area contributed by atoms with Crippen LogP contribution in [0.5, 0.6) is 0 Å². The van der Waals surface area contributed by atoms with Crippen LogP contribution in [-0.2, 0) is 6.54 Å². The van der Waals surface area contributed by atoms with E-state index in [-0.39, 0.29) is 0 Å². The highest BCUT2D eigenvalue weighted by Gasteiger charge is 2.18. The Balaban J connectivity index is 1.77. The minimum atomic E-state index is 0.351. The van der Waals surface area contributed by atoms with Crippen LogP contribution in [0.1, 0.15) is 24.8 Å². The van der Waals surface area contributed by atoms with Crippen molar-refractivity contribution in [3.8, 4) is 0 Å². The lowest BCUT2D eigenvalue weighted by molar-refractivity contribution is 0.153. The largest absolute Gasteiger partial charge is 0.396 e. The molecule has 0 unspecified atom stereocenters. The van der Waals surface area contributed by atoms with E-state index in [4.69, 9.17) is 5.11 Å². The second-order valence-electron chi connectivity index (χ2n) is 4.72. The summed E-state index contributed by atoms with van der Waals surface area (Å²) in [6.45, 7) is 3.79. The van der Waals surface area contributed by atoms with Gasteiger partial charge in [0.25, 0.3) is 0 Å². The van der Waals surface area contributed by atoms with Gasteiger partial charge in [-0.1, -0.05) is 30.3 Å². The molecule has 16 heavy (non-hydrogen) atoms. The smallest absolute Gasteiger partial charge is 0.0433 e. The first-order chi connectivity index (χ1) is 7.88. The molecule has 2 nitrogen and oxygen atoms in total. The van der Waals surface area contributed by atoms with Crippen LogP contribution in [0.4, 0.5) is 0 Å². The Kier molecular flexibility index (Phi) is 4.37. The average Bonchev–Trinajstić information content (AvgIpc) is 2.33. The van der Waals surface area contributed by atoms with Crippen molar-refractivity contribution in [2.24, 2.45) is 5.92 Å². The second kappa shape index (κ2) is 6.02. The first kappa shape index (κ1) is 11.6. The first-order valence-corrected chi connectivity index (χ1v) is 6.25. The van der Waals surface area contributed by atoms with Gasteiger partial charge in [0.2, 0.25) is 0 Å². The summed E-state index contributed by atoms with van der Waals surface area (Å²) >= 11 is 0. The molecule has 1 fully saturated rings. The predicted octanol–water partition coefficient (Wildman–Crippen LogP) is 2.28. The Bertz CT molecular complexity index is 291. The van der Waals surface area contributed by atoms with Gasteiger partial charge < -0.3 is 5.11 Å². The van der Waals surface area contributed by atoms with E-state index < -0.39 is 0 Å². The minimum Gasteiger partial charge on any atom is -0.396 e. The SMILES string of the molecule is OCCC1CCN(Cc2ccccc2)CC1. The van der Waals surface area contributed by atoms with Crippen molar-refractivity contribution in [3.63, 3.8) is 0 Å². The van der Waals surface area contributed by atoms with Crippen molar-refractivity contribution < 1.29 is 5.11 Å². The lowest BCUT2D eigenvalue weighted by Gasteiger charge is -2.31. The molecule has 1 aliphatic rings. The molecule has 0 spiro atoms. The number of hydrogen-bond acceptors (Lipinski definition) is 2. The lowest BCUT2D eigenvalue weighted by atomic mass is 9.94. The molecule has 0 radical (unpaired) electrons. The van der Waals surface area contributed by atoms with Crippen LogP contribution in [-0.4, -0.2) is 29.7 Å². The summed E-state index contributed by atoms with van der Waals surface area (Å²) in [5.41, 5.74) is 1.41. The van der Waals surface area contributed by atoms with Gasteiger partial charge >= 0.3 is 0 Å². The molecule has 2 rings (SSSR count). The van der Waals surface area contributed by atoms with E-state index in [1.54, 1.807) is 0 Å². The molecule has 0 atom stereocenters. The zero-order chi connectivity index (χ0) is 11.2. The molecule has 1 aromatic carbocycles. The van der Waals surface area contributed by atoms with E-state index in [2.05, 4.69) is 35.2 Å². The maximum Gasteiger partial charge on any atom is 0.0433 e. The molecule has 1 saturated heterocycles. The fourth-order valence-electron chi connectivity index (χ4n) is 2.46. The van der Waals surface area contributed by atoms with Gasteiger partial charge in [0, 0.05) is 13.2 Å². The Hall–Kier alpha value is -0.860. The summed E-state index contributed by atoms with van der Waals surface area (Å²) in [5, 5.41) is 8.91. The standard InChI is InChI=1S/C14H21NO/c16-11-8-13-6-9-15(10-7-13)12-14-4-2-1-3-5-14/h1-5,13,16H,6-12H2. The molecule has 2 heteroatoms. The quantitative estimate of drug-likeness (QED) is 0.840. The van der Waals surface area contributed by atoms with E-state index >= 15 is 0 Å². The maximum atomic E-state index is 8.91. The number of hydrogen-bond donors (Lipinski definition) is 1. The summed E-state index contributed by atoms with van der Waals surface area (Å²) in [7, 11) is 0. The van der Waals surface area contributed by atoms with E-state index in [1.807, 2.05) is 0 Å². The molecule has 0 bridgehead atoms. The van der Waals surface area contributed by atoms with Gasteiger partial charge in [-0.3, -0.25) is 4.90 Å². The van der Waals surface area contributed by atoms with Gasteiger partial charge in [-0.25, -0.2) is 0 Å². The Labute approximate surface area is 97.9 Å². The third kappa shape index (κ3) is 3.32. The molecule has 0 aromatic heterocycles. The minimum absolute atomic E-state index is 0.351. The summed E-state index contributed by atoms with van der Waals surface area (Å²) in [6, 6.07) is 10.7. The van der Waals surface area contributed by atoms with Gasteiger partial charge in [0.15, 0.2) is 0 Å². The predicted molar refractivity (Wildman–Crippen MR) is 66.1 cm³/mol. The van der Waals surface area contributed by atoms with Crippen molar-refractivity contribution in [3.05, 3.63) is 35.9 Å². The number of rotatable bonds is 4. The van der Waals surface area contributed by atoms with Gasteiger partial charge in [-0.2, -0.15) is 0 Å². The van der Waals surface area contributed by atoms with Gasteiger partial charge in [-0.05, 0) is 43.8 Å². The summed E-state index contributed by atoms with van der Waals surface area (Å²) in [4.78, 5) is 2.52. The van der Waals surface area contributed by atoms with Crippen molar-refractivity contribution in [1.29, 1.82) is 0 Å². The van der Waals surface area contributed by atoms with Crippen molar-refractivity contribution >= 4 is 0 Å². The highest BCUT2D eigenvalue weighted by molar-refractivity contribution is 5.14. The molecule has 1 heterocycles. The Morgan fingerprint density at radius 1 is 1.12 bits per heavy atom. The fourth-order valence-corrected chi connectivity index (χ4v) is 2.46. The van der Waals surface area contributed by atoms with Crippen LogP contribution in [0, 0.1) is 5.92 Å². The van der Waals surface area contributed by atoms with Gasteiger partial charge in [0.1, 0.15) is 0 Å². The zero-order valence-corrected chi connectivity index (χ0v) is 9.81. The van der Waals surface area contributed by atoms with E-state index in [1.165, 1.54) is 31.5 Å². The van der Waals surface area contributed by atoms with Crippen molar-refractivity contribution in [2.45, 2.75) is 25.8 Å². The third-order valence-corrected chi connectivity index (χ3v) is 3.49. The number of piperidine rings is 1. The highest BCUT2D eigenvalue weighted by Crippen LogP contribution is 2.21.